The number of nitrogens with zero attached hydrogens (tertiary/aromatic N) is 4. The summed E-state index contributed by atoms with van der Waals surface area (Å²) in [6.07, 6.45) is 4.46. The molecule has 0 radical (unpaired) electrons. The number of aromatic nitrogens is 3. The summed E-state index contributed by atoms with van der Waals surface area (Å²) in [5.74, 6) is 0. The molecule has 106 valence electrons. The second kappa shape index (κ2) is 6.65. The predicted octanol–water partition coefficient (Wildman–Crippen LogP) is 2.30. The quantitative estimate of drug-likeness (QED) is 0.840. The Morgan fingerprint density at radius 1 is 1.35 bits per heavy atom. The van der Waals surface area contributed by atoms with Crippen LogP contribution in [0.15, 0.2) is 39.9 Å². The molecule has 5 nitrogen and oxygen atoms in total. The maximum atomic E-state index is 12.1. The normalized spacial score (nSPS) is 10.6. The first-order valence-electron chi connectivity index (χ1n) is 6.49. The Hall–Kier alpha value is -1.69. The fourth-order valence-corrected chi connectivity index (χ4v) is 2.10. The molecule has 0 saturated heterocycles. The van der Waals surface area contributed by atoms with Crippen LogP contribution in [0.4, 0.5) is 5.69 Å². The highest BCUT2D eigenvalue weighted by Gasteiger charge is 2.05. The lowest BCUT2D eigenvalue weighted by atomic mass is 10.3. The smallest absolute Gasteiger partial charge is 0.269 e. The van der Waals surface area contributed by atoms with Gasteiger partial charge in [0.25, 0.3) is 5.56 Å². The molecule has 0 bridgehead atoms. The average Bonchev–Trinajstić information content (AvgIpc) is 2.43. The van der Waals surface area contributed by atoms with Gasteiger partial charge in [-0.1, -0.05) is 6.92 Å². The van der Waals surface area contributed by atoms with E-state index < -0.39 is 0 Å². The summed E-state index contributed by atoms with van der Waals surface area (Å²) < 4.78 is 2.33. The van der Waals surface area contributed by atoms with Gasteiger partial charge >= 0.3 is 0 Å². The molecular weight excluding hydrogens is 320 g/mol. The van der Waals surface area contributed by atoms with Crippen LogP contribution in [0.3, 0.4) is 0 Å². The van der Waals surface area contributed by atoms with Crippen molar-refractivity contribution < 1.29 is 0 Å². The first-order chi connectivity index (χ1) is 9.60. The highest BCUT2D eigenvalue weighted by Crippen LogP contribution is 2.09. The van der Waals surface area contributed by atoms with Gasteiger partial charge in [0, 0.05) is 30.3 Å². The van der Waals surface area contributed by atoms with Crippen LogP contribution < -0.4 is 10.5 Å². The van der Waals surface area contributed by atoms with Crippen LogP contribution in [0.5, 0.6) is 0 Å². The maximum Gasteiger partial charge on any atom is 0.269 e. The van der Waals surface area contributed by atoms with E-state index in [-0.39, 0.29) is 5.56 Å². The third-order valence-electron chi connectivity index (χ3n) is 2.96. The Kier molecular flexibility index (Phi) is 4.89. The van der Waals surface area contributed by atoms with Crippen molar-refractivity contribution >= 4 is 21.6 Å². The molecule has 0 N–H and O–H groups in total. The molecule has 2 aromatic heterocycles. The molecule has 2 heterocycles. The SMILES string of the molecule is CCCN(C)c1cnn(Cc2ccc(Br)cn2)c(=O)c1. The molecule has 0 aliphatic rings. The van der Waals surface area contributed by atoms with Crippen LogP contribution in [0.2, 0.25) is 0 Å². The second-order valence-corrected chi connectivity index (χ2v) is 5.51. The Morgan fingerprint density at radius 3 is 2.75 bits per heavy atom. The molecule has 0 unspecified atom stereocenters. The summed E-state index contributed by atoms with van der Waals surface area (Å²) in [7, 11) is 1.96. The standard InChI is InChI=1S/C14H17BrN4O/c1-3-6-18(2)13-7-14(20)19(17-9-13)10-12-5-4-11(15)8-16-12/h4-5,7-9H,3,6,10H2,1-2H3. The molecule has 0 aromatic carbocycles. The first-order valence-corrected chi connectivity index (χ1v) is 7.28. The molecule has 0 saturated carbocycles. The average molecular weight is 337 g/mol. The minimum Gasteiger partial charge on any atom is -0.373 e. The number of anilines is 1. The van der Waals surface area contributed by atoms with Gasteiger partial charge in [-0.05, 0) is 34.5 Å². The van der Waals surface area contributed by atoms with Crippen molar-refractivity contribution in [3.63, 3.8) is 0 Å². The van der Waals surface area contributed by atoms with Crippen molar-refractivity contribution in [2.24, 2.45) is 0 Å². The zero-order valence-electron chi connectivity index (χ0n) is 11.6. The van der Waals surface area contributed by atoms with Gasteiger partial charge in [-0.2, -0.15) is 5.10 Å². The van der Waals surface area contributed by atoms with Gasteiger partial charge in [0.1, 0.15) is 0 Å². The number of hydrogen-bond acceptors (Lipinski definition) is 4. The molecule has 0 amide bonds. The van der Waals surface area contributed by atoms with Crippen LogP contribution in [0.25, 0.3) is 0 Å². The van der Waals surface area contributed by atoms with Gasteiger partial charge in [-0.25, -0.2) is 4.68 Å². The van der Waals surface area contributed by atoms with E-state index in [4.69, 9.17) is 0 Å². The lowest BCUT2D eigenvalue weighted by Gasteiger charge is -2.17. The molecular formula is C14H17BrN4O. The zero-order valence-corrected chi connectivity index (χ0v) is 13.2. The fraction of sp³-hybridized carbons (Fsp3) is 0.357. The molecule has 0 fully saturated rings. The van der Waals surface area contributed by atoms with Crippen LogP contribution >= 0.6 is 15.9 Å². The van der Waals surface area contributed by atoms with E-state index in [1.54, 1.807) is 18.5 Å². The van der Waals surface area contributed by atoms with Gasteiger partial charge in [0.05, 0.1) is 24.1 Å². The van der Waals surface area contributed by atoms with Gasteiger partial charge in [0.2, 0.25) is 0 Å². The van der Waals surface area contributed by atoms with E-state index >= 15 is 0 Å². The molecule has 20 heavy (non-hydrogen) atoms. The van der Waals surface area contributed by atoms with Crippen LogP contribution in [0.1, 0.15) is 19.0 Å². The summed E-state index contributed by atoms with van der Waals surface area (Å²) >= 11 is 3.33. The Labute approximate surface area is 126 Å². The molecule has 0 aliphatic carbocycles. The summed E-state index contributed by atoms with van der Waals surface area (Å²) in [6, 6.07) is 5.38. The van der Waals surface area contributed by atoms with Crippen LogP contribution in [0, 0.1) is 0 Å². The minimum atomic E-state index is -0.116. The van der Waals surface area contributed by atoms with E-state index in [2.05, 4.69) is 32.9 Å². The maximum absolute atomic E-state index is 12.1. The lowest BCUT2D eigenvalue weighted by Crippen LogP contribution is -2.26. The number of hydrogen-bond donors (Lipinski definition) is 0. The Morgan fingerprint density at radius 2 is 2.15 bits per heavy atom. The van der Waals surface area contributed by atoms with Crippen molar-refractivity contribution in [1.82, 2.24) is 14.8 Å². The van der Waals surface area contributed by atoms with E-state index in [9.17, 15) is 4.79 Å². The second-order valence-electron chi connectivity index (χ2n) is 4.60. The number of pyridine rings is 1. The molecule has 6 heteroatoms. The Bertz CT molecular complexity index is 624. The number of rotatable bonds is 5. The van der Waals surface area contributed by atoms with Gasteiger partial charge in [-0.15, -0.1) is 0 Å². The van der Waals surface area contributed by atoms with Crippen LogP contribution in [-0.4, -0.2) is 28.4 Å². The fourth-order valence-electron chi connectivity index (χ4n) is 1.87. The van der Waals surface area contributed by atoms with E-state index in [0.29, 0.717) is 6.54 Å². The van der Waals surface area contributed by atoms with Crippen molar-refractivity contribution in [3.8, 4) is 0 Å². The summed E-state index contributed by atoms with van der Waals surface area (Å²) in [6.45, 7) is 3.38. The van der Waals surface area contributed by atoms with Gasteiger partial charge < -0.3 is 4.90 Å². The summed E-state index contributed by atoms with van der Waals surface area (Å²) in [5.41, 5.74) is 1.53. The molecule has 2 aromatic rings. The lowest BCUT2D eigenvalue weighted by molar-refractivity contribution is 0.626. The highest BCUT2D eigenvalue weighted by atomic mass is 79.9. The molecule has 0 atom stereocenters. The van der Waals surface area contributed by atoms with Gasteiger partial charge in [-0.3, -0.25) is 9.78 Å². The minimum absolute atomic E-state index is 0.116. The van der Waals surface area contributed by atoms with E-state index in [1.165, 1.54) is 4.68 Å². The molecule has 2 rings (SSSR count). The van der Waals surface area contributed by atoms with Crippen LogP contribution in [-0.2, 0) is 6.54 Å². The monoisotopic (exact) mass is 336 g/mol. The van der Waals surface area contributed by atoms with Gasteiger partial charge in [0.15, 0.2) is 0 Å². The van der Waals surface area contributed by atoms with Crippen molar-refractivity contribution in [2.45, 2.75) is 19.9 Å². The largest absolute Gasteiger partial charge is 0.373 e. The zero-order chi connectivity index (χ0) is 14.5. The summed E-state index contributed by atoms with van der Waals surface area (Å²) in [5, 5.41) is 4.21. The topological polar surface area (TPSA) is 51.0 Å². The van der Waals surface area contributed by atoms with E-state index in [1.807, 2.05) is 24.1 Å². The predicted molar refractivity (Wildman–Crippen MR) is 83.1 cm³/mol. The van der Waals surface area contributed by atoms with Crippen molar-refractivity contribution in [3.05, 3.63) is 51.1 Å². The van der Waals surface area contributed by atoms with E-state index in [0.717, 1.165) is 28.8 Å². The Balaban J connectivity index is 2.17. The molecule has 0 spiro atoms. The molecule has 0 aliphatic heterocycles. The third-order valence-corrected chi connectivity index (χ3v) is 3.42. The highest BCUT2D eigenvalue weighted by molar-refractivity contribution is 9.10. The first kappa shape index (κ1) is 14.7. The summed E-state index contributed by atoms with van der Waals surface area (Å²) in [4.78, 5) is 18.3. The third kappa shape index (κ3) is 3.66. The number of halogens is 1. The van der Waals surface area contributed by atoms with Crippen molar-refractivity contribution in [2.75, 3.05) is 18.5 Å². The van der Waals surface area contributed by atoms with Crippen molar-refractivity contribution in [1.29, 1.82) is 0 Å².